The third-order valence-electron chi connectivity index (χ3n) is 5.46. The number of nitrogens with one attached hydrogen (secondary N) is 1. The van der Waals surface area contributed by atoms with Gasteiger partial charge in [0, 0.05) is 4.88 Å². The molecule has 1 aliphatic carbocycles. The van der Waals surface area contributed by atoms with Crippen LogP contribution in [0.2, 0.25) is 0 Å². The van der Waals surface area contributed by atoms with Crippen LogP contribution in [0.25, 0.3) is 0 Å². The van der Waals surface area contributed by atoms with Crippen molar-refractivity contribution in [3.8, 4) is 11.5 Å². The van der Waals surface area contributed by atoms with Crippen molar-refractivity contribution in [2.24, 2.45) is 5.92 Å². The summed E-state index contributed by atoms with van der Waals surface area (Å²) in [6, 6.07) is 7.26. The predicted octanol–water partition coefficient (Wildman–Crippen LogP) is 4.22. The minimum Gasteiger partial charge on any atom is -0.485 e. The lowest BCUT2D eigenvalue weighted by Crippen LogP contribution is -2.40. The van der Waals surface area contributed by atoms with Crippen LogP contribution in [0.3, 0.4) is 0 Å². The Morgan fingerprint density at radius 2 is 2.03 bits per heavy atom. The van der Waals surface area contributed by atoms with Gasteiger partial charge in [-0.2, -0.15) is 0 Å². The van der Waals surface area contributed by atoms with Crippen LogP contribution in [0.4, 0.5) is 5.00 Å². The molecule has 6 nitrogen and oxygen atoms in total. The molecule has 2 aliphatic rings. The van der Waals surface area contributed by atoms with Gasteiger partial charge in [-0.25, -0.2) is 4.79 Å². The van der Waals surface area contributed by atoms with E-state index in [0.29, 0.717) is 34.6 Å². The number of ether oxygens (including phenoxy) is 3. The molecule has 0 bridgehead atoms. The lowest BCUT2D eigenvalue weighted by Gasteiger charge is -2.25. The van der Waals surface area contributed by atoms with E-state index >= 15 is 0 Å². The minimum absolute atomic E-state index is 0.126. The summed E-state index contributed by atoms with van der Waals surface area (Å²) >= 11 is 1.48. The first-order valence-corrected chi connectivity index (χ1v) is 10.9. The number of carbonyl (C=O) groups excluding carboxylic acids is 2. The molecule has 2 atom stereocenters. The van der Waals surface area contributed by atoms with Gasteiger partial charge in [0.2, 0.25) is 6.10 Å². The number of hydrogen-bond donors (Lipinski definition) is 1. The summed E-state index contributed by atoms with van der Waals surface area (Å²) in [5, 5.41) is 3.47. The van der Waals surface area contributed by atoms with E-state index in [1.165, 1.54) is 16.2 Å². The Kier molecular flexibility index (Phi) is 5.76. The second-order valence-corrected chi connectivity index (χ2v) is 8.40. The number of fused-ring (bicyclic) bond motifs is 2. The monoisotopic (exact) mass is 415 g/mol. The van der Waals surface area contributed by atoms with Gasteiger partial charge in [0.25, 0.3) is 5.91 Å². The highest BCUT2D eigenvalue weighted by atomic mass is 32.1. The molecule has 4 rings (SSSR count). The number of anilines is 1. The highest BCUT2D eigenvalue weighted by Crippen LogP contribution is 2.41. The zero-order valence-corrected chi connectivity index (χ0v) is 17.5. The highest BCUT2D eigenvalue weighted by Gasteiger charge is 2.33. The topological polar surface area (TPSA) is 73.9 Å². The van der Waals surface area contributed by atoms with Gasteiger partial charge >= 0.3 is 5.97 Å². The first-order valence-electron chi connectivity index (χ1n) is 10.1. The number of hydrogen-bond acceptors (Lipinski definition) is 6. The zero-order chi connectivity index (χ0) is 20.4. The summed E-state index contributed by atoms with van der Waals surface area (Å²) in [6.45, 7) is 4.40. The van der Waals surface area contributed by atoms with E-state index in [1.807, 2.05) is 12.1 Å². The molecule has 29 heavy (non-hydrogen) atoms. The standard InChI is InChI=1S/C22H25NO5S/c1-3-13-9-10-14-18(11-13)29-21(19(14)22(25)26-4-2)23-20(24)17-12-27-15-7-5-6-8-16(15)28-17/h5-8,13,17H,3-4,9-12H2,1-2H3,(H,23,24)/t13-,17-/m1/s1. The molecule has 0 radical (unpaired) electrons. The summed E-state index contributed by atoms with van der Waals surface area (Å²) in [4.78, 5) is 26.7. The largest absolute Gasteiger partial charge is 0.485 e. The summed E-state index contributed by atoms with van der Waals surface area (Å²) in [7, 11) is 0. The second kappa shape index (κ2) is 8.45. The number of thiophene rings is 1. The molecule has 1 N–H and O–H groups in total. The molecule has 0 saturated carbocycles. The minimum atomic E-state index is -0.775. The van der Waals surface area contributed by atoms with Gasteiger partial charge in [-0.15, -0.1) is 11.3 Å². The molecule has 154 valence electrons. The van der Waals surface area contributed by atoms with Crippen LogP contribution in [0.5, 0.6) is 11.5 Å². The summed E-state index contributed by atoms with van der Waals surface area (Å²) in [6.07, 6.45) is 3.17. The Morgan fingerprint density at radius 1 is 1.24 bits per heavy atom. The number of rotatable bonds is 5. The van der Waals surface area contributed by atoms with E-state index in [0.717, 1.165) is 31.2 Å². The van der Waals surface area contributed by atoms with E-state index in [1.54, 1.807) is 19.1 Å². The summed E-state index contributed by atoms with van der Waals surface area (Å²) < 4.78 is 16.7. The maximum atomic E-state index is 12.9. The summed E-state index contributed by atoms with van der Waals surface area (Å²) in [5.41, 5.74) is 1.53. The van der Waals surface area contributed by atoms with E-state index in [-0.39, 0.29) is 18.5 Å². The van der Waals surface area contributed by atoms with Crippen molar-refractivity contribution in [3.63, 3.8) is 0 Å². The smallest absolute Gasteiger partial charge is 0.341 e. The molecule has 0 fully saturated rings. The van der Waals surface area contributed by atoms with E-state index in [9.17, 15) is 9.59 Å². The first-order chi connectivity index (χ1) is 14.1. The first kappa shape index (κ1) is 19.8. The van der Waals surface area contributed by atoms with Gasteiger partial charge in [0.1, 0.15) is 11.6 Å². The normalized spacial score (nSPS) is 19.9. The Bertz CT molecular complexity index is 922. The number of carbonyl (C=O) groups is 2. The van der Waals surface area contributed by atoms with Gasteiger partial charge in [0.15, 0.2) is 11.5 Å². The van der Waals surface area contributed by atoms with Gasteiger partial charge < -0.3 is 19.5 Å². The fraction of sp³-hybridized carbons (Fsp3) is 0.455. The van der Waals surface area contributed by atoms with Crippen molar-refractivity contribution in [1.29, 1.82) is 0 Å². The number of benzene rings is 1. The highest BCUT2D eigenvalue weighted by molar-refractivity contribution is 7.17. The molecule has 0 spiro atoms. The van der Waals surface area contributed by atoms with Gasteiger partial charge in [-0.1, -0.05) is 25.5 Å². The molecule has 1 amide bonds. The molecule has 2 aromatic rings. The predicted molar refractivity (Wildman–Crippen MR) is 111 cm³/mol. The Labute approximate surface area is 174 Å². The molecule has 1 aromatic heterocycles. The van der Waals surface area contributed by atoms with Gasteiger partial charge in [-0.05, 0) is 49.8 Å². The molecule has 2 heterocycles. The van der Waals surface area contributed by atoms with Crippen LogP contribution in [0.1, 0.15) is 47.5 Å². The molecular formula is C22H25NO5S. The van der Waals surface area contributed by atoms with Crippen LogP contribution < -0.4 is 14.8 Å². The second-order valence-electron chi connectivity index (χ2n) is 7.30. The van der Waals surface area contributed by atoms with Crippen LogP contribution in [0, 0.1) is 5.92 Å². The lowest BCUT2D eigenvalue weighted by molar-refractivity contribution is -0.125. The van der Waals surface area contributed by atoms with Crippen molar-refractivity contribution >= 4 is 28.2 Å². The van der Waals surface area contributed by atoms with Crippen LogP contribution in [-0.2, 0) is 22.4 Å². The molecule has 1 aliphatic heterocycles. The van der Waals surface area contributed by atoms with Crippen molar-refractivity contribution in [1.82, 2.24) is 0 Å². The van der Waals surface area contributed by atoms with E-state index < -0.39 is 6.10 Å². The molecule has 0 saturated heterocycles. The number of para-hydroxylation sites is 2. The molecular weight excluding hydrogens is 390 g/mol. The fourth-order valence-corrected chi connectivity index (χ4v) is 5.20. The molecule has 1 aromatic carbocycles. The quantitative estimate of drug-likeness (QED) is 0.740. The average molecular weight is 416 g/mol. The zero-order valence-electron chi connectivity index (χ0n) is 16.7. The maximum Gasteiger partial charge on any atom is 0.341 e. The third-order valence-corrected chi connectivity index (χ3v) is 6.63. The number of amides is 1. The van der Waals surface area contributed by atoms with Crippen molar-refractivity contribution in [2.75, 3.05) is 18.5 Å². The molecule has 7 heteroatoms. The van der Waals surface area contributed by atoms with Gasteiger partial charge in [0.05, 0.1) is 12.2 Å². The fourth-order valence-electron chi connectivity index (χ4n) is 3.85. The number of esters is 1. The molecule has 0 unspecified atom stereocenters. The van der Waals surface area contributed by atoms with Crippen molar-refractivity contribution in [3.05, 3.63) is 40.3 Å². The van der Waals surface area contributed by atoms with Crippen LogP contribution in [-0.4, -0.2) is 31.2 Å². The maximum absolute atomic E-state index is 12.9. The van der Waals surface area contributed by atoms with Crippen molar-refractivity contribution < 1.29 is 23.8 Å². The lowest BCUT2D eigenvalue weighted by atomic mass is 9.85. The van der Waals surface area contributed by atoms with Crippen LogP contribution >= 0.6 is 11.3 Å². The Hall–Kier alpha value is -2.54. The summed E-state index contributed by atoms with van der Waals surface area (Å²) in [5.74, 6) is 1.09. The SMILES string of the molecule is CCOC(=O)c1c(NC(=O)[C@H]2COc3ccccc3O2)sc2c1CC[C@@H](CC)C2. The average Bonchev–Trinajstić information content (AvgIpc) is 3.10. The Morgan fingerprint density at radius 3 is 2.79 bits per heavy atom. The van der Waals surface area contributed by atoms with E-state index in [2.05, 4.69) is 12.2 Å². The van der Waals surface area contributed by atoms with E-state index in [4.69, 9.17) is 14.2 Å². The van der Waals surface area contributed by atoms with Gasteiger partial charge in [-0.3, -0.25) is 4.79 Å². The third kappa shape index (κ3) is 3.96. The van der Waals surface area contributed by atoms with Crippen LogP contribution in [0.15, 0.2) is 24.3 Å². The Balaban J connectivity index is 1.57. The van der Waals surface area contributed by atoms with Crippen molar-refractivity contribution in [2.45, 2.75) is 45.6 Å².